The lowest BCUT2D eigenvalue weighted by Crippen LogP contribution is -2.32. The molecule has 1 heterocycles. The van der Waals surface area contributed by atoms with Crippen molar-refractivity contribution in [2.24, 2.45) is 0 Å². The Kier molecular flexibility index (Phi) is 4.99. The van der Waals surface area contributed by atoms with Crippen molar-refractivity contribution in [3.63, 3.8) is 0 Å². The van der Waals surface area contributed by atoms with Gasteiger partial charge in [0.2, 0.25) is 0 Å². The van der Waals surface area contributed by atoms with Crippen LogP contribution < -0.4 is 5.11 Å². The monoisotopic (exact) mass is 381 g/mol. The molecule has 0 spiro atoms. The second-order valence-electron chi connectivity index (χ2n) is 6.13. The predicted molar refractivity (Wildman–Crippen MR) is 92.6 cm³/mol. The molecule has 0 unspecified atom stereocenters. The third-order valence-corrected chi connectivity index (χ3v) is 4.31. The molecule has 1 aliphatic heterocycles. The number of carbonyl (C=O) groups excluding carboxylic acids is 4. The molecule has 2 amide bonds. The summed E-state index contributed by atoms with van der Waals surface area (Å²) in [6, 6.07) is 9.18. The lowest BCUT2D eigenvalue weighted by molar-refractivity contribution is -0.384. The third kappa shape index (κ3) is 3.50. The maximum atomic E-state index is 12.6. The van der Waals surface area contributed by atoms with Crippen LogP contribution in [0.2, 0.25) is 0 Å². The molecule has 0 bridgehead atoms. The average molecular weight is 381 g/mol. The van der Waals surface area contributed by atoms with Gasteiger partial charge in [-0.15, -0.1) is 0 Å². The standard InChI is InChI=1S/C19H14N2O7/c22-16(23)5-2-8-20-18(25)14-7-6-12(10-15(14)19(20)26)17(24)11-3-1-4-13(9-11)21(27)28/h1,3-4,6-7,9-10H,2,5,8H2,(H,22,23)/p-1. The van der Waals surface area contributed by atoms with Crippen molar-refractivity contribution in [2.45, 2.75) is 12.8 Å². The van der Waals surface area contributed by atoms with Crippen LogP contribution in [0.25, 0.3) is 0 Å². The van der Waals surface area contributed by atoms with Crippen molar-refractivity contribution < 1.29 is 29.2 Å². The Morgan fingerprint density at radius 2 is 1.64 bits per heavy atom. The second kappa shape index (κ2) is 7.39. The summed E-state index contributed by atoms with van der Waals surface area (Å²) in [4.78, 5) is 59.1. The molecule has 0 saturated carbocycles. The fourth-order valence-corrected chi connectivity index (χ4v) is 2.94. The largest absolute Gasteiger partial charge is 0.550 e. The van der Waals surface area contributed by atoms with Gasteiger partial charge in [0.05, 0.1) is 16.1 Å². The number of nitrogens with zero attached hydrogens (tertiary/aromatic N) is 2. The Morgan fingerprint density at radius 1 is 0.964 bits per heavy atom. The fourth-order valence-electron chi connectivity index (χ4n) is 2.94. The van der Waals surface area contributed by atoms with E-state index in [0.29, 0.717) is 0 Å². The Hall–Kier alpha value is -3.88. The zero-order valence-corrected chi connectivity index (χ0v) is 14.4. The van der Waals surface area contributed by atoms with Gasteiger partial charge >= 0.3 is 0 Å². The predicted octanol–water partition coefficient (Wildman–Crippen LogP) is 0.952. The number of non-ortho nitro benzene ring substituents is 1. The zero-order valence-electron chi connectivity index (χ0n) is 14.4. The molecule has 2 aromatic rings. The van der Waals surface area contributed by atoms with Gasteiger partial charge < -0.3 is 9.90 Å². The highest BCUT2D eigenvalue weighted by molar-refractivity contribution is 6.22. The molecule has 0 aromatic heterocycles. The third-order valence-electron chi connectivity index (χ3n) is 4.31. The number of imide groups is 1. The second-order valence-corrected chi connectivity index (χ2v) is 6.13. The van der Waals surface area contributed by atoms with Crippen LogP contribution in [0.4, 0.5) is 5.69 Å². The SMILES string of the molecule is O=C([O-])CCCN1C(=O)c2ccc(C(=O)c3cccc([N+](=O)[O-])c3)cc2C1=O. The molecule has 1 aliphatic rings. The van der Waals surface area contributed by atoms with E-state index < -0.39 is 28.5 Å². The number of amides is 2. The van der Waals surface area contributed by atoms with Gasteiger partial charge in [-0.05, 0) is 25.0 Å². The molecule has 0 fully saturated rings. The summed E-state index contributed by atoms with van der Waals surface area (Å²) in [5.41, 5.74) is 0.106. The first-order valence-electron chi connectivity index (χ1n) is 8.29. The van der Waals surface area contributed by atoms with E-state index in [4.69, 9.17) is 0 Å². The highest BCUT2D eigenvalue weighted by Gasteiger charge is 2.35. The Labute approximate surface area is 158 Å². The molecule has 0 N–H and O–H groups in total. The first-order chi connectivity index (χ1) is 13.3. The van der Waals surface area contributed by atoms with Crippen LogP contribution in [0, 0.1) is 10.1 Å². The molecule has 28 heavy (non-hydrogen) atoms. The molecule has 3 rings (SSSR count). The van der Waals surface area contributed by atoms with Gasteiger partial charge in [0.15, 0.2) is 5.78 Å². The van der Waals surface area contributed by atoms with Gasteiger partial charge in [-0.2, -0.15) is 0 Å². The highest BCUT2D eigenvalue weighted by atomic mass is 16.6. The summed E-state index contributed by atoms with van der Waals surface area (Å²) < 4.78 is 0. The topological polar surface area (TPSA) is 138 Å². The average Bonchev–Trinajstić information content (AvgIpc) is 2.91. The molecule has 0 saturated heterocycles. The van der Waals surface area contributed by atoms with E-state index in [1.165, 1.54) is 36.4 Å². The number of aliphatic carboxylic acids is 1. The molecular formula is C19H13N2O7-. The van der Waals surface area contributed by atoms with Crippen LogP contribution in [0.15, 0.2) is 42.5 Å². The normalized spacial score (nSPS) is 12.8. The van der Waals surface area contributed by atoms with Crippen LogP contribution in [0.3, 0.4) is 0 Å². The first-order valence-corrected chi connectivity index (χ1v) is 8.29. The zero-order chi connectivity index (χ0) is 20.4. The lowest BCUT2D eigenvalue weighted by Gasteiger charge is -2.13. The number of carbonyl (C=O) groups is 4. The van der Waals surface area contributed by atoms with E-state index in [9.17, 15) is 34.4 Å². The summed E-state index contributed by atoms with van der Waals surface area (Å²) in [5.74, 6) is -2.98. The van der Waals surface area contributed by atoms with Crippen molar-refractivity contribution >= 4 is 29.3 Å². The number of hydrogen-bond acceptors (Lipinski definition) is 7. The molecule has 2 aromatic carbocycles. The molecule has 9 nitrogen and oxygen atoms in total. The number of nitro benzene ring substituents is 1. The van der Waals surface area contributed by atoms with Crippen LogP contribution >= 0.6 is 0 Å². The van der Waals surface area contributed by atoms with Crippen molar-refractivity contribution in [3.05, 3.63) is 74.8 Å². The Bertz CT molecular complexity index is 1030. The fraction of sp³-hybridized carbons (Fsp3) is 0.158. The minimum Gasteiger partial charge on any atom is -0.550 e. The number of carboxylic acid groups (broad SMARTS) is 1. The van der Waals surface area contributed by atoms with Crippen LogP contribution in [-0.4, -0.2) is 39.9 Å². The maximum absolute atomic E-state index is 12.6. The quantitative estimate of drug-likeness (QED) is 0.301. The number of nitro groups is 1. The van der Waals surface area contributed by atoms with E-state index in [1.54, 1.807) is 0 Å². The highest BCUT2D eigenvalue weighted by Crippen LogP contribution is 2.26. The minimum atomic E-state index is -1.28. The molecule has 0 radical (unpaired) electrons. The minimum absolute atomic E-state index is 0.0368. The van der Waals surface area contributed by atoms with Gasteiger partial charge in [-0.3, -0.25) is 29.4 Å². The van der Waals surface area contributed by atoms with E-state index in [1.807, 2.05) is 0 Å². The van der Waals surface area contributed by atoms with Gasteiger partial charge in [0.25, 0.3) is 17.5 Å². The summed E-state index contributed by atoms with van der Waals surface area (Å²) in [7, 11) is 0. The van der Waals surface area contributed by atoms with Crippen molar-refractivity contribution in [3.8, 4) is 0 Å². The van der Waals surface area contributed by atoms with Gasteiger partial charge in [-0.1, -0.05) is 18.2 Å². The van der Waals surface area contributed by atoms with E-state index >= 15 is 0 Å². The van der Waals surface area contributed by atoms with Crippen molar-refractivity contribution in [1.29, 1.82) is 0 Å². The smallest absolute Gasteiger partial charge is 0.270 e. The molecule has 0 atom stereocenters. The maximum Gasteiger partial charge on any atom is 0.270 e. The number of hydrogen-bond donors (Lipinski definition) is 0. The number of rotatable bonds is 7. The van der Waals surface area contributed by atoms with Gasteiger partial charge in [0.1, 0.15) is 0 Å². The van der Waals surface area contributed by atoms with Crippen LogP contribution in [0.1, 0.15) is 49.5 Å². The number of ketones is 1. The lowest BCUT2D eigenvalue weighted by atomic mass is 9.99. The first kappa shape index (κ1) is 18.9. The van der Waals surface area contributed by atoms with Gasteiger partial charge in [0, 0.05) is 35.8 Å². The van der Waals surface area contributed by atoms with E-state index in [-0.39, 0.29) is 47.3 Å². The van der Waals surface area contributed by atoms with E-state index in [2.05, 4.69) is 0 Å². The summed E-state index contributed by atoms with van der Waals surface area (Å²) >= 11 is 0. The number of fused-ring (bicyclic) bond motifs is 1. The summed E-state index contributed by atoms with van der Waals surface area (Å²) in [6.07, 6.45) is -0.225. The van der Waals surface area contributed by atoms with Crippen LogP contribution in [0.5, 0.6) is 0 Å². The molecular weight excluding hydrogens is 368 g/mol. The molecule has 0 aliphatic carbocycles. The number of benzene rings is 2. The summed E-state index contributed by atoms with van der Waals surface area (Å²) in [5, 5.41) is 21.4. The summed E-state index contributed by atoms with van der Waals surface area (Å²) in [6.45, 7) is -0.0749. The van der Waals surface area contributed by atoms with Crippen LogP contribution in [-0.2, 0) is 4.79 Å². The van der Waals surface area contributed by atoms with Gasteiger partial charge in [-0.25, -0.2) is 0 Å². The van der Waals surface area contributed by atoms with Crippen molar-refractivity contribution in [1.82, 2.24) is 4.90 Å². The van der Waals surface area contributed by atoms with E-state index in [0.717, 1.165) is 11.0 Å². The molecule has 142 valence electrons. The number of carboxylic acids is 1. The Morgan fingerprint density at radius 3 is 2.32 bits per heavy atom. The molecule has 9 heteroatoms. The Balaban J connectivity index is 1.86. The van der Waals surface area contributed by atoms with Crippen molar-refractivity contribution in [2.75, 3.05) is 6.54 Å².